The summed E-state index contributed by atoms with van der Waals surface area (Å²) in [6, 6.07) is -1.02. The predicted octanol–water partition coefficient (Wildman–Crippen LogP) is 0.511. The molecule has 1 aliphatic heterocycles. The van der Waals surface area contributed by atoms with Gasteiger partial charge in [-0.3, -0.25) is 0 Å². The molecule has 0 saturated carbocycles. The Bertz CT molecular complexity index is 437. The number of carboxylic acids is 1. The van der Waals surface area contributed by atoms with Crippen LogP contribution in [-0.4, -0.2) is 56.2 Å². The van der Waals surface area contributed by atoms with Crippen molar-refractivity contribution in [2.45, 2.75) is 18.9 Å². The molecule has 1 aromatic heterocycles. The van der Waals surface area contributed by atoms with E-state index in [2.05, 4.69) is 15.3 Å². The third kappa shape index (κ3) is 3.63. The van der Waals surface area contributed by atoms with Crippen molar-refractivity contribution < 1.29 is 14.7 Å². The van der Waals surface area contributed by atoms with Crippen LogP contribution < -0.4 is 5.32 Å². The van der Waals surface area contributed by atoms with Gasteiger partial charge >= 0.3 is 12.0 Å². The quantitative estimate of drug-likeness (QED) is 0.684. The van der Waals surface area contributed by atoms with Gasteiger partial charge in [0.15, 0.2) is 0 Å². The summed E-state index contributed by atoms with van der Waals surface area (Å²) in [6.07, 6.45) is 4.96. The van der Waals surface area contributed by atoms with Crippen LogP contribution in [0.25, 0.3) is 0 Å². The van der Waals surface area contributed by atoms with Crippen molar-refractivity contribution in [3.63, 3.8) is 0 Å². The SMILES string of the molecule is O=C(O)C1CSCN1C(=O)NCCCc1ncc[nH]1. The average molecular weight is 284 g/mol. The minimum absolute atomic E-state index is 0.308. The Balaban J connectivity index is 1.70. The van der Waals surface area contributed by atoms with Gasteiger partial charge in [0.2, 0.25) is 0 Å². The molecule has 0 spiro atoms. The number of H-pyrrole nitrogens is 1. The summed E-state index contributed by atoms with van der Waals surface area (Å²) >= 11 is 1.45. The number of aromatic amines is 1. The van der Waals surface area contributed by atoms with E-state index in [0.29, 0.717) is 18.2 Å². The Hall–Kier alpha value is -1.70. The number of urea groups is 1. The zero-order valence-electron chi connectivity index (χ0n) is 10.3. The maximum atomic E-state index is 11.8. The van der Waals surface area contributed by atoms with Crippen LogP contribution in [0.5, 0.6) is 0 Å². The smallest absolute Gasteiger partial charge is 0.327 e. The highest BCUT2D eigenvalue weighted by atomic mass is 32.2. The van der Waals surface area contributed by atoms with E-state index >= 15 is 0 Å². The number of carboxylic acid groups (broad SMARTS) is 1. The first-order valence-electron chi connectivity index (χ1n) is 6.02. The summed E-state index contributed by atoms with van der Waals surface area (Å²) in [5, 5.41) is 11.7. The monoisotopic (exact) mass is 284 g/mol. The second-order valence-electron chi connectivity index (χ2n) is 4.20. The molecule has 0 radical (unpaired) electrons. The van der Waals surface area contributed by atoms with Crippen molar-refractivity contribution in [1.82, 2.24) is 20.2 Å². The molecule has 0 aromatic carbocycles. The van der Waals surface area contributed by atoms with Crippen LogP contribution in [0, 0.1) is 0 Å². The summed E-state index contributed by atoms with van der Waals surface area (Å²) in [6.45, 7) is 0.507. The molecule has 7 nitrogen and oxygen atoms in total. The number of hydrogen-bond donors (Lipinski definition) is 3. The van der Waals surface area contributed by atoms with Crippen molar-refractivity contribution in [3.8, 4) is 0 Å². The number of nitrogens with zero attached hydrogens (tertiary/aromatic N) is 2. The first kappa shape index (κ1) is 13.7. The van der Waals surface area contributed by atoms with Crippen LogP contribution in [0.3, 0.4) is 0 Å². The van der Waals surface area contributed by atoms with Crippen LogP contribution in [0.15, 0.2) is 12.4 Å². The highest BCUT2D eigenvalue weighted by Crippen LogP contribution is 2.20. The maximum Gasteiger partial charge on any atom is 0.327 e. The average Bonchev–Trinajstić information content (AvgIpc) is 3.04. The van der Waals surface area contributed by atoms with Crippen molar-refractivity contribution in [3.05, 3.63) is 18.2 Å². The fourth-order valence-electron chi connectivity index (χ4n) is 1.83. The molecule has 8 heteroatoms. The van der Waals surface area contributed by atoms with Crippen molar-refractivity contribution in [2.75, 3.05) is 18.2 Å². The fourth-order valence-corrected chi connectivity index (χ4v) is 2.98. The number of imidazole rings is 1. The predicted molar refractivity (Wildman–Crippen MR) is 70.9 cm³/mol. The van der Waals surface area contributed by atoms with Gasteiger partial charge in [0.1, 0.15) is 11.9 Å². The Morgan fingerprint density at radius 2 is 2.47 bits per heavy atom. The molecule has 1 unspecified atom stereocenters. The molecule has 19 heavy (non-hydrogen) atoms. The van der Waals surface area contributed by atoms with Gasteiger partial charge in [0, 0.05) is 31.1 Å². The number of hydrogen-bond acceptors (Lipinski definition) is 4. The summed E-state index contributed by atoms with van der Waals surface area (Å²) in [5.74, 6) is 0.820. The molecule has 2 heterocycles. The maximum absolute atomic E-state index is 11.8. The van der Waals surface area contributed by atoms with Gasteiger partial charge in [-0.2, -0.15) is 0 Å². The van der Waals surface area contributed by atoms with Crippen LogP contribution in [0.1, 0.15) is 12.2 Å². The summed E-state index contributed by atoms with van der Waals surface area (Å²) < 4.78 is 0. The number of carbonyl (C=O) groups excluding carboxylic acids is 1. The normalized spacial score (nSPS) is 18.5. The number of aromatic nitrogens is 2. The van der Waals surface area contributed by atoms with Crippen molar-refractivity contribution >= 4 is 23.8 Å². The van der Waals surface area contributed by atoms with E-state index in [1.807, 2.05) is 0 Å². The lowest BCUT2D eigenvalue weighted by atomic mass is 10.3. The highest BCUT2D eigenvalue weighted by molar-refractivity contribution is 7.99. The number of aryl methyl sites for hydroxylation is 1. The van der Waals surface area contributed by atoms with Crippen molar-refractivity contribution in [2.24, 2.45) is 0 Å². The number of aliphatic carboxylic acids is 1. The zero-order valence-corrected chi connectivity index (χ0v) is 11.2. The van der Waals surface area contributed by atoms with E-state index in [1.165, 1.54) is 16.7 Å². The first-order valence-corrected chi connectivity index (χ1v) is 7.17. The van der Waals surface area contributed by atoms with E-state index in [4.69, 9.17) is 5.11 Å². The Labute approximate surface area is 114 Å². The van der Waals surface area contributed by atoms with Crippen LogP contribution in [-0.2, 0) is 11.2 Å². The molecule has 2 amide bonds. The van der Waals surface area contributed by atoms with E-state index in [9.17, 15) is 9.59 Å². The lowest BCUT2D eigenvalue weighted by Gasteiger charge is -2.20. The molecular formula is C11H16N4O3S. The molecule has 0 aliphatic carbocycles. The van der Waals surface area contributed by atoms with Gasteiger partial charge in [-0.05, 0) is 6.42 Å². The molecule has 1 atom stereocenters. The first-order chi connectivity index (χ1) is 9.18. The molecule has 3 N–H and O–H groups in total. The van der Waals surface area contributed by atoms with Gasteiger partial charge in [0.25, 0.3) is 0 Å². The second kappa shape index (κ2) is 6.46. The Morgan fingerprint density at radius 3 is 3.16 bits per heavy atom. The molecule has 1 saturated heterocycles. The fraction of sp³-hybridized carbons (Fsp3) is 0.545. The molecular weight excluding hydrogens is 268 g/mol. The summed E-state index contributed by atoms with van der Waals surface area (Å²) in [7, 11) is 0. The summed E-state index contributed by atoms with van der Waals surface area (Å²) in [4.78, 5) is 31.2. The van der Waals surface area contributed by atoms with Crippen LogP contribution in [0.2, 0.25) is 0 Å². The van der Waals surface area contributed by atoms with E-state index < -0.39 is 12.0 Å². The third-order valence-electron chi connectivity index (χ3n) is 2.85. The molecule has 104 valence electrons. The van der Waals surface area contributed by atoms with Gasteiger partial charge in [-0.25, -0.2) is 14.6 Å². The summed E-state index contributed by atoms with van der Waals surface area (Å²) in [5.41, 5.74) is 0. The van der Waals surface area contributed by atoms with E-state index in [1.54, 1.807) is 12.4 Å². The third-order valence-corrected chi connectivity index (χ3v) is 3.86. The number of thioether (sulfide) groups is 1. The lowest BCUT2D eigenvalue weighted by Crippen LogP contribution is -2.47. The molecule has 1 fully saturated rings. The topological polar surface area (TPSA) is 98.3 Å². The minimum Gasteiger partial charge on any atom is -0.480 e. The van der Waals surface area contributed by atoms with Gasteiger partial charge < -0.3 is 20.3 Å². The van der Waals surface area contributed by atoms with Crippen molar-refractivity contribution in [1.29, 1.82) is 0 Å². The lowest BCUT2D eigenvalue weighted by molar-refractivity contribution is -0.140. The molecule has 1 aliphatic rings. The number of carbonyl (C=O) groups is 2. The Kier molecular flexibility index (Phi) is 4.67. The number of rotatable bonds is 5. The molecule has 1 aromatic rings. The number of nitrogens with one attached hydrogen (secondary N) is 2. The molecule has 0 bridgehead atoms. The zero-order chi connectivity index (χ0) is 13.7. The highest BCUT2D eigenvalue weighted by Gasteiger charge is 2.34. The van der Waals surface area contributed by atoms with Gasteiger partial charge in [-0.15, -0.1) is 11.8 Å². The Morgan fingerprint density at radius 1 is 1.63 bits per heavy atom. The second-order valence-corrected chi connectivity index (χ2v) is 5.19. The van der Waals surface area contributed by atoms with E-state index in [-0.39, 0.29) is 6.03 Å². The van der Waals surface area contributed by atoms with Gasteiger partial charge in [0.05, 0.1) is 5.88 Å². The van der Waals surface area contributed by atoms with Crippen LogP contribution >= 0.6 is 11.8 Å². The van der Waals surface area contributed by atoms with Crippen LogP contribution in [0.4, 0.5) is 4.79 Å². The largest absolute Gasteiger partial charge is 0.480 e. The standard InChI is InChI=1S/C11H16N4O3S/c16-10(17)8-6-19-7-15(8)11(18)14-3-1-2-9-12-4-5-13-9/h4-5,8H,1-3,6-7H2,(H,12,13)(H,14,18)(H,16,17). The number of amides is 2. The molecule has 2 rings (SSSR count). The van der Waals surface area contributed by atoms with E-state index in [0.717, 1.165) is 18.7 Å². The minimum atomic E-state index is -0.948. The van der Waals surface area contributed by atoms with Gasteiger partial charge in [-0.1, -0.05) is 0 Å².